The Morgan fingerprint density at radius 2 is 2.19 bits per heavy atom. The molecule has 0 saturated carbocycles. The number of unbranched alkanes of at least 4 members (excludes halogenated alkanes) is 1. The summed E-state index contributed by atoms with van der Waals surface area (Å²) >= 11 is 5.27. The van der Waals surface area contributed by atoms with Crippen molar-refractivity contribution in [3.05, 3.63) is 33.5 Å². The predicted molar refractivity (Wildman–Crippen MR) is 86.9 cm³/mol. The molecular weight excluding hydrogens is 284 g/mol. The van der Waals surface area contributed by atoms with E-state index in [0.717, 1.165) is 25.9 Å². The van der Waals surface area contributed by atoms with Gasteiger partial charge in [-0.15, -0.1) is 0 Å². The first-order valence-electron chi connectivity index (χ1n) is 7.39. The number of aryl methyl sites for hydroxylation is 1. The van der Waals surface area contributed by atoms with Crippen molar-refractivity contribution < 1.29 is 0 Å². The van der Waals surface area contributed by atoms with Crippen molar-refractivity contribution in [1.29, 1.82) is 0 Å². The van der Waals surface area contributed by atoms with Crippen molar-refractivity contribution in [2.75, 3.05) is 0 Å². The standard InChI is InChI=1S/C15H22N4OS/c1-4-5-8-18-9-6-7-12(14(18)20)13-16-17-15(21)19(13)10-11(2)3/h6-7,9,11H,4-5,8,10H2,1-3H3,(H,17,21). The first kappa shape index (κ1) is 15.7. The summed E-state index contributed by atoms with van der Waals surface area (Å²) in [6.45, 7) is 7.82. The van der Waals surface area contributed by atoms with Gasteiger partial charge in [0.2, 0.25) is 0 Å². The van der Waals surface area contributed by atoms with E-state index in [9.17, 15) is 4.79 Å². The number of hydrogen-bond donors (Lipinski definition) is 1. The van der Waals surface area contributed by atoms with Gasteiger partial charge in [-0.25, -0.2) is 0 Å². The normalized spacial score (nSPS) is 11.2. The molecule has 0 aliphatic carbocycles. The van der Waals surface area contributed by atoms with Crippen molar-refractivity contribution in [3.63, 3.8) is 0 Å². The number of aromatic amines is 1. The Kier molecular flexibility index (Phi) is 5.12. The van der Waals surface area contributed by atoms with Crippen molar-refractivity contribution >= 4 is 12.2 Å². The molecule has 0 aromatic carbocycles. The molecule has 2 rings (SSSR count). The zero-order valence-corrected chi connectivity index (χ0v) is 13.6. The van der Waals surface area contributed by atoms with Gasteiger partial charge in [0.05, 0.1) is 5.56 Å². The van der Waals surface area contributed by atoms with E-state index in [1.807, 2.05) is 22.9 Å². The fraction of sp³-hybridized carbons (Fsp3) is 0.533. The molecule has 2 aromatic heterocycles. The minimum absolute atomic E-state index is 0.00930. The average Bonchev–Trinajstić information content (AvgIpc) is 2.79. The lowest BCUT2D eigenvalue weighted by Crippen LogP contribution is -2.22. The summed E-state index contributed by atoms with van der Waals surface area (Å²) in [7, 11) is 0. The molecular formula is C15H22N4OS. The fourth-order valence-electron chi connectivity index (χ4n) is 2.27. The molecule has 0 unspecified atom stereocenters. The van der Waals surface area contributed by atoms with Gasteiger partial charge in [0.15, 0.2) is 10.6 Å². The van der Waals surface area contributed by atoms with Crippen LogP contribution in [0.15, 0.2) is 23.1 Å². The first-order valence-corrected chi connectivity index (χ1v) is 7.80. The number of aromatic nitrogens is 4. The molecule has 114 valence electrons. The zero-order valence-electron chi connectivity index (χ0n) is 12.8. The molecule has 0 amide bonds. The van der Waals surface area contributed by atoms with Crippen LogP contribution in [0.1, 0.15) is 33.6 Å². The van der Waals surface area contributed by atoms with Crippen molar-refractivity contribution in [3.8, 4) is 11.4 Å². The third-order valence-corrected chi connectivity index (χ3v) is 3.63. The van der Waals surface area contributed by atoms with E-state index in [1.165, 1.54) is 0 Å². The topological polar surface area (TPSA) is 55.6 Å². The van der Waals surface area contributed by atoms with Gasteiger partial charge < -0.3 is 4.57 Å². The number of hydrogen-bond acceptors (Lipinski definition) is 3. The van der Waals surface area contributed by atoms with Gasteiger partial charge in [0, 0.05) is 19.3 Å². The number of nitrogens with one attached hydrogen (secondary N) is 1. The van der Waals surface area contributed by atoms with Gasteiger partial charge in [-0.05, 0) is 36.7 Å². The Balaban J connectivity index is 2.48. The Labute approximate surface area is 129 Å². The van der Waals surface area contributed by atoms with Crippen LogP contribution in [0.25, 0.3) is 11.4 Å². The smallest absolute Gasteiger partial charge is 0.261 e. The Morgan fingerprint density at radius 1 is 1.43 bits per heavy atom. The van der Waals surface area contributed by atoms with Gasteiger partial charge >= 0.3 is 0 Å². The maximum atomic E-state index is 12.6. The van der Waals surface area contributed by atoms with Crippen LogP contribution in [0.5, 0.6) is 0 Å². The lowest BCUT2D eigenvalue weighted by Gasteiger charge is -2.10. The molecule has 0 spiro atoms. The monoisotopic (exact) mass is 306 g/mol. The molecule has 2 aromatic rings. The van der Waals surface area contributed by atoms with Crippen LogP contribution in [0.3, 0.4) is 0 Å². The highest BCUT2D eigenvalue weighted by Crippen LogP contribution is 2.15. The van der Waals surface area contributed by atoms with Crippen molar-refractivity contribution in [2.24, 2.45) is 5.92 Å². The van der Waals surface area contributed by atoms with Crippen LogP contribution in [0.2, 0.25) is 0 Å². The first-order chi connectivity index (χ1) is 10.0. The van der Waals surface area contributed by atoms with Crippen molar-refractivity contribution in [2.45, 2.75) is 46.7 Å². The third kappa shape index (κ3) is 3.50. The number of H-pyrrole nitrogens is 1. The van der Waals surface area contributed by atoms with Crippen LogP contribution < -0.4 is 5.56 Å². The molecule has 0 radical (unpaired) electrons. The summed E-state index contributed by atoms with van der Waals surface area (Å²) in [5.41, 5.74) is 0.589. The lowest BCUT2D eigenvalue weighted by atomic mass is 10.2. The van der Waals surface area contributed by atoms with Crippen LogP contribution in [-0.2, 0) is 13.1 Å². The number of pyridine rings is 1. The third-order valence-electron chi connectivity index (χ3n) is 3.32. The zero-order chi connectivity index (χ0) is 15.4. The van der Waals surface area contributed by atoms with E-state index >= 15 is 0 Å². The minimum atomic E-state index is -0.00930. The van der Waals surface area contributed by atoms with E-state index in [0.29, 0.717) is 22.1 Å². The van der Waals surface area contributed by atoms with Gasteiger partial charge in [0.25, 0.3) is 5.56 Å². The molecule has 0 saturated heterocycles. The number of rotatable bonds is 6. The quantitative estimate of drug-likeness (QED) is 0.834. The van der Waals surface area contributed by atoms with E-state index in [4.69, 9.17) is 12.2 Å². The van der Waals surface area contributed by atoms with Crippen molar-refractivity contribution in [1.82, 2.24) is 19.3 Å². The van der Waals surface area contributed by atoms with E-state index in [1.54, 1.807) is 4.57 Å². The van der Waals surface area contributed by atoms with E-state index in [2.05, 4.69) is 31.0 Å². The molecule has 0 aliphatic heterocycles. The molecule has 0 atom stereocenters. The lowest BCUT2D eigenvalue weighted by molar-refractivity contribution is 0.521. The highest BCUT2D eigenvalue weighted by atomic mass is 32.1. The van der Waals surface area contributed by atoms with Gasteiger partial charge in [0.1, 0.15) is 0 Å². The molecule has 1 N–H and O–H groups in total. The molecule has 0 aliphatic rings. The Morgan fingerprint density at radius 3 is 2.86 bits per heavy atom. The summed E-state index contributed by atoms with van der Waals surface area (Å²) in [5.74, 6) is 1.06. The van der Waals surface area contributed by atoms with E-state index in [-0.39, 0.29) is 5.56 Å². The largest absolute Gasteiger partial charge is 0.315 e. The molecule has 2 heterocycles. The second-order valence-electron chi connectivity index (χ2n) is 5.63. The van der Waals surface area contributed by atoms with Gasteiger partial charge in [-0.2, -0.15) is 5.10 Å². The van der Waals surface area contributed by atoms with Gasteiger partial charge in [-0.3, -0.25) is 14.5 Å². The average molecular weight is 306 g/mol. The summed E-state index contributed by atoms with van der Waals surface area (Å²) in [6.07, 6.45) is 3.88. The summed E-state index contributed by atoms with van der Waals surface area (Å²) in [4.78, 5) is 12.6. The van der Waals surface area contributed by atoms with Crippen LogP contribution >= 0.6 is 12.2 Å². The van der Waals surface area contributed by atoms with Crippen LogP contribution in [0, 0.1) is 10.7 Å². The molecule has 5 nitrogen and oxygen atoms in total. The molecule has 0 fully saturated rings. The molecule has 21 heavy (non-hydrogen) atoms. The Bertz CT molecular complexity index is 711. The van der Waals surface area contributed by atoms with Gasteiger partial charge in [-0.1, -0.05) is 27.2 Å². The summed E-state index contributed by atoms with van der Waals surface area (Å²) in [6, 6.07) is 3.70. The molecule has 0 bridgehead atoms. The summed E-state index contributed by atoms with van der Waals surface area (Å²) in [5, 5.41) is 7.05. The fourth-order valence-corrected chi connectivity index (χ4v) is 2.48. The molecule has 6 heteroatoms. The Hall–Kier alpha value is -1.69. The highest BCUT2D eigenvalue weighted by molar-refractivity contribution is 7.71. The van der Waals surface area contributed by atoms with E-state index < -0.39 is 0 Å². The second kappa shape index (κ2) is 6.85. The summed E-state index contributed by atoms with van der Waals surface area (Å²) < 4.78 is 4.21. The maximum absolute atomic E-state index is 12.6. The van der Waals surface area contributed by atoms with Crippen LogP contribution in [-0.4, -0.2) is 19.3 Å². The maximum Gasteiger partial charge on any atom is 0.261 e. The second-order valence-corrected chi connectivity index (χ2v) is 6.02. The highest BCUT2D eigenvalue weighted by Gasteiger charge is 2.14. The predicted octanol–water partition coefficient (Wildman–Crippen LogP) is 3.23. The minimum Gasteiger partial charge on any atom is -0.315 e. The number of nitrogens with zero attached hydrogens (tertiary/aromatic N) is 3. The van der Waals surface area contributed by atoms with Crippen LogP contribution in [0.4, 0.5) is 0 Å². The SMILES string of the molecule is CCCCn1cccc(-c2n[nH]c(=S)n2CC(C)C)c1=O.